The van der Waals surface area contributed by atoms with Crippen molar-refractivity contribution in [2.24, 2.45) is 5.73 Å². The molecule has 0 unspecified atom stereocenters. The van der Waals surface area contributed by atoms with Gasteiger partial charge in [-0.25, -0.2) is 4.79 Å². The number of nitrogens with one attached hydrogen (secondary N) is 2. The molecule has 0 spiro atoms. The second-order valence-electron chi connectivity index (χ2n) is 6.46. The highest BCUT2D eigenvalue weighted by Gasteiger charge is 2.21. The predicted molar refractivity (Wildman–Crippen MR) is 111 cm³/mol. The largest absolute Gasteiger partial charge is 0.467 e. The normalized spacial score (nSPS) is 11.4. The number of primary amides is 1. The fourth-order valence-corrected chi connectivity index (χ4v) is 2.65. The first-order valence-electron chi connectivity index (χ1n) is 9.21. The summed E-state index contributed by atoms with van der Waals surface area (Å²) in [5.74, 6) is -0.983. The van der Waals surface area contributed by atoms with Gasteiger partial charge in [0.1, 0.15) is 5.76 Å². The minimum atomic E-state index is -1.04. The molecule has 0 saturated carbocycles. The lowest BCUT2D eigenvalue weighted by Crippen LogP contribution is -2.30. The number of carbonyl (C=O) groups excluding carboxylic acids is 3. The van der Waals surface area contributed by atoms with Gasteiger partial charge in [-0.15, -0.1) is 0 Å². The molecular weight excluding hydrogens is 386 g/mol. The van der Waals surface area contributed by atoms with Gasteiger partial charge in [0.15, 0.2) is 6.10 Å². The lowest BCUT2D eigenvalue weighted by atomic mass is 10.1. The number of furan rings is 1. The van der Waals surface area contributed by atoms with E-state index in [-0.39, 0.29) is 0 Å². The molecule has 2 amide bonds. The molecule has 0 aliphatic heterocycles. The summed E-state index contributed by atoms with van der Waals surface area (Å²) in [6, 6.07) is 16.5. The number of amides is 2. The van der Waals surface area contributed by atoms with Gasteiger partial charge in [-0.05, 0) is 55.5 Å². The topological polar surface area (TPSA) is 124 Å². The maximum atomic E-state index is 12.6. The zero-order valence-electron chi connectivity index (χ0n) is 16.3. The maximum Gasteiger partial charge on any atom is 0.341 e. The van der Waals surface area contributed by atoms with E-state index in [1.54, 1.807) is 48.7 Å². The molecule has 30 heavy (non-hydrogen) atoms. The average Bonchev–Trinajstić information content (AvgIpc) is 3.26. The van der Waals surface area contributed by atoms with Crippen molar-refractivity contribution < 1.29 is 23.5 Å². The van der Waals surface area contributed by atoms with Gasteiger partial charge in [0.2, 0.25) is 5.91 Å². The van der Waals surface area contributed by atoms with Crippen molar-refractivity contribution in [2.75, 3.05) is 10.6 Å². The smallest absolute Gasteiger partial charge is 0.341 e. The van der Waals surface area contributed by atoms with Gasteiger partial charge in [0, 0.05) is 16.9 Å². The Balaban J connectivity index is 1.60. The Hall–Kier alpha value is -4.07. The summed E-state index contributed by atoms with van der Waals surface area (Å²) in [5.41, 5.74) is 6.83. The van der Waals surface area contributed by atoms with E-state index in [4.69, 9.17) is 14.9 Å². The fraction of sp³-hybridized carbons (Fsp3) is 0.136. The summed E-state index contributed by atoms with van der Waals surface area (Å²) < 4.78 is 10.6. The Morgan fingerprint density at radius 3 is 2.43 bits per heavy atom. The summed E-state index contributed by atoms with van der Waals surface area (Å²) in [5, 5.41) is 5.75. The van der Waals surface area contributed by atoms with Crippen molar-refractivity contribution >= 4 is 29.2 Å². The van der Waals surface area contributed by atoms with Crippen molar-refractivity contribution in [2.45, 2.75) is 19.6 Å². The first kappa shape index (κ1) is 20.7. The Labute approximate surface area is 173 Å². The molecule has 8 heteroatoms. The molecule has 8 nitrogen and oxygen atoms in total. The monoisotopic (exact) mass is 407 g/mol. The second-order valence-corrected chi connectivity index (χ2v) is 6.46. The van der Waals surface area contributed by atoms with Crippen LogP contribution >= 0.6 is 0 Å². The number of esters is 1. The van der Waals surface area contributed by atoms with Crippen LogP contribution in [0.4, 0.5) is 11.4 Å². The van der Waals surface area contributed by atoms with Crippen LogP contribution in [0.25, 0.3) is 0 Å². The highest BCUT2D eigenvalue weighted by Crippen LogP contribution is 2.19. The van der Waals surface area contributed by atoms with Crippen molar-refractivity contribution in [1.82, 2.24) is 0 Å². The zero-order valence-corrected chi connectivity index (χ0v) is 16.3. The third-order valence-corrected chi connectivity index (χ3v) is 4.27. The molecule has 154 valence electrons. The lowest BCUT2D eigenvalue weighted by molar-refractivity contribution is -0.123. The maximum absolute atomic E-state index is 12.6. The molecule has 3 rings (SSSR count). The molecule has 0 saturated heterocycles. The molecule has 0 radical (unpaired) electrons. The van der Waals surface area contributed by atoms with Crippen LogP contribution in [0.3, 0.4) is 0 Å². The van der Waals surface area contributed by atoms with E-state index >= 15 is 0 Å². The van der Waals surface area contributed by atoms with E-state index in [2.05, 4.69) is 10.6 Å². The van der Waals surface area contributed by atoms with E-state index in [0.29, 0.717) is 34.8 Å². The van der Waals surface area contributed by atoms with Crippen LogP contribution < -0.4 is 16.4 Å². The van der Waals surface area contributed by atoms with Crippen molar-refractivity contribution in [3.05, 3.63) is 83.8 Å². The fourth-order valence-electron chi connectivity index (χ4n) is 2.65. The number of anilines is 2. The predicted octanol–water partition coefficient (Wildman–Crippen LogP) is 3.17. The molecule has 4 N–H and O–H groups in total. The highest BCUT2D eigenvalue weighted by molar-refractivity contribution is 6.00. The molecule has 3 aromatic rings. The van der Waals surface area contributed by atoms with Gasteiger partial charge < -0.3 is 25.5 Å². The molecule has 0 aliphatic rings. The summed E-state index contributed by atoms with van der Waals surface area (Å²) in [4.78, 5) is 36.1. The van der Waals surface area contributed by atoms with Crippen LogP contribution in [0.5, 0.6) is 0 Å². The van der Waals surface area contributed by atoms with E-state index < -0.39 is 23.9 Å². The molecule has 0 aliphatic carbocycles. The van der Waals surface area contributed by atoms with Gasteiger partial charge in [0.25, 0.3) is 5.91 Å². The Morgan fingerprint density at radius 1 is 1.03 bits per heavy atom. The van der Waals surface area contributed by atoms with Crippen molar-refractivity contribution in [3.63, 3.8) is 0 Å². The summed E-state index contributed by atoms with van der Waals surface area (Å²) in [6.45, 7) is 1.87. The molecule has 0 fully saturated rings. The third kappa shape index (κ3) is 5.26. The zero-order chi connectivity index (χ0) is 21.5. The number of rotatable bonds is 8. The van der Waals surface area contributed by atoms with Crippen molar-refractivity contribution in [1.29, 1.82) is 0 Å². The Kier molecular flexibility index (Phi) is 6.49. The van der Waals surface area contributed by atoms with Gasteiger partial charge in [-0.2, -0.15) is 0 Å². The van der Waals surface area contributed by atoms with Crippen molar-refractivity contribution in [3.8, 4) is 0 Å². The molecule has 0 bridgehead atoms. The van der Waals surface area contributed by atoms with Crippen LogP contribution in [0.15, 0.2) is 71.3 Å². The van der Waals surface area contributed by atoms with Crippen LogP contribution in [-0.2, 0) is 16.1 Å². The van der Waals surface area contributed by atoms with Gasteiger partial charge in [-0.3, -0.25) is 9.59 Å². The quantitative estimate of drug-likeness (QED) is 0.493. The lowest BCUT2D eigenvalue weighted by Gasteiger charge is -2.15. The van der Waals surface area contributed by atoms with E-state index in [9.17, 15) is 14.4 Å². The summed E-state index contributed by atoms with van der Waals surface area (Å²) in [6.07, 6.45) is 0.533. The minimum absolute atomic E-state index is 0.300. The molecule has 1 heterocycles. The summed E-state index contributed by atoms with van der Waals surface area (Å²) in [7, 11) is 0. The number of hydrogen-bond acceptors (Lipinski definition) is 6. The van der Waals surface area contributed by atoms with Crippen LogP contribution in [0.2, 0.25) is 0 Å². The number of nitrogens with two attached hydrogens (primary N) is 1. The van der Waals surface area contributed by atoms with E-state index in [1.165, 1.54) is 19.1 Å². The number of ether oxygens (including phenoxy) is 1. The number of benzene rings is 2. The minimum Gasteiger partial charge on any atom is -0.467 e. The van der Waals surface area contributed by atoms with E-state index in [1.807, 2.05) is 6.07 Å². The number of carbonyl (C=O) groups is 3. The van der Waals surface area contributed by atoms with Gasteiger partial charge in [-0.1, -0.05) is 12.1 Å². The summed E-state index contributed by atoms with van der Waals surface area (Å²) >= 11 is 0. The molecule has 1 atom stereocenters. The Bertz CT molecular complexity index is 1030. The van der Waals surface area contributed by atoms with Crippen LogP contribution in [0, 0.1) is 0 Å². The second kappa shape index (κ2) is 9.42. The number of para-hydroxylation sites is 1. The first-order chi connectivity index (χ1) is 14.4. The highest BCUT2D eigenvalue weighted by atomic mass is 16.5. The molecular formula is C22H21N3O5. The van der Waals surface area contributed by atoms with E-state index in [0.717, 1.165) is 0 Å². The van der Waals surface area contributed by atoms with Crippen LogP contribution in [0.1, 0.15) is 33.4 Å². The SMILES string of the molecule is C[C@@H](OC(=O)c1ccccc1NCc1ccco1)C(=O)Nc1ccc(C(N)=O)cc1. The van der Waals surface area contributed by atoms with Crippen LogP contribution in [-0.4, -0.2) is 23.9 Å². The molecule has 1 aromatic heterocycles. The molecule has 2 aromatic carbocycles. The Morgan fingerprint density at radius 2 is 1.77 bits per heavy atom. The van der Waals surface area contributed by atoms with Gasteiger partial charge in [0.05, 0.1) is 18.4 Å². The standard InChI is InChI=1S/C22H21N3O5/c1-14(21(27)25-16-10-8-15(9-11-16)20(23)26)30-22(28)18-6-2-3-7-19(18)24-13-17-5-4-12-29-17/h2-12,14,24H,13H2,1H3,(H2,23,26)(H,25,27)/t14-/m1/s1. The third-order valence-electron chi connectivity index (χ3n) is 4.27. The van der Waals surface area contributed by atoms with Gasteiger partial charge >= 0.3 is 5.97 Å². The average molecular weight is 407 g/mol. The number of hydrogen-bond donors (Lipinski definition) is 3. The first-order valence-corrected chi connectivity index (χ1v) is 9.21.